The molecule has 7 atom stereocenters. The first-order chi connectivity index (χ1) is 34.5. The molecule has 73 heavy (non-hydrogen) atoms. The zero-order valence-corrected chi connectivity index (χ0v) is 41.3. The van der Waals surface area contributed by atoms with Crippen molar-refractivity contribution in [1.82, 2.24) is 42.1 Å². The number of hydrogen-bond acceptors (Lipinski definition) is 16. The molecule has 10 amide bonds. The number of rotatable bonds is 20. The van der Waals surface area contributed by atoms with E-state index in [0.717, 1.165) is 26.5 Å². The molecular weight excluding hydrogens is 997 g/mol. The zero-order valence-electron chi connectivity index (χ0n) is 39.7. The number of guanidine groups is 1. The first kappa shape index (κ1) is 59.6. The minimum Gasteiger partial charge on any atom is -0.508 e. The number of aliphatic carboxylic acids is 1. The fourth-order valence-electron chi connectivity index (χ4n) is 6.82. The Morgan fingerprint density at radius 3 is 1.88 bits per heavy atom. The lowest BCUT2D eigenvalue weighted by Crippen LogP contribution is -2.61. The largest absolute Gasteiger partial charge is 0.508 e. The number of aliphatic imine (C=N–C) groups is 1. The topological polar surface area (TPSA) is 458 Å². The van der Waals surface area contributed by atoms with Crippen LogP contribution in [0.5, 0.6) is 5.75 Å². The van der Waals surface area contributed by atoms with E-state index in [-0.39, 0.29) is 55.4 Å². The van der Waals surface area contributed by atoms with Crippen molar-refractivity contribution in [3.8, 4) is 5.75 Å². The number of nitrogens with two attached hydrogens (primary N) is 5. The summed E-state index contributed by atoms with van der Waals surface area (Å²) in [4.78, 5) is 151. The molecule has 1 heterocycles. The second-order valence-electron chi connectivity index (χ2n) is 16.6. The molecular formula is C44H62N14O13S2. The van der Waals surface area contributed by atoms with Gasteiger partial charge in [0.05, 0.1) is 19.0 Å². The van der Waals surface area contributed by atoms with Crippen LogP contribution in [-0.4, -0.2) is 167 Å². The highest BCUT2D eigenvalue weighted by Gasteiger charge is 2.35. The lowest BCUT2D eigenvalue weighted by atomic mass is 10.0. The highest BCUT2D eigenvalue weighted by molar-refractivity contribution is 8.76. The van der Waals surface area contributed by atoms with Gasteiger partial charge in [-0.15, -0.1) is 0 Å². The van der Waals surface area contributed by atoms with Gasteiger partial charge in [0.2, 0.25) is 59.1 Å². The van der Waals surface area contributed by atoms with Crippen LogP contribution in [0.1, 0.15) is 43.2 Å². The van der Waals surface area contributed by atoms with Crippen LogP contribution in [0.2, 0.25) is 0 Å². The molecule has 0 aromatic heterocycles. The van der Waals surface area contributed by atoms with Crippen LogP contribution in [-0.2, 0) is 65.6 Å². The molecule has 1 fully saturated rings. The van der Waals surface area contributed by atoms with E-state index in [1.807, 2.05) is 0 Å². The van der Waals surface area contributed by atoms with Gasteiger partial charge in [0.15, 0.2) is 5.96 Å². The summed E-state index contributed by atoms with van der Waals surface area (Å²) in [6.07, 6.45) is -1.96. The Kier molecular flexibility index (Phi) is 24.7. The summed E-state index contributed by atoms with van der Waals surface area (Å²) in [5.41, 5.74) is 28.9. The number of hydrogen-bond donors (Lipinski definition) is 14. The molecule has 1 saturated heterocycles. The fourth-order valence-corrected chi connectivity index (χ4v) is 9.09. The number of carboxylic acid groups (broad SMARTS) is 1. The molecule has 2 aromatic rings. The third-order valence-corrected chi connectivity index (χ3v) is 13.0. The zero-order chi connectivity index (χ0) is 54.2. The molecule has 29 heteroatoms. The van der Waals surface area contributed by atoms with Crippen molar-refractivity contribution in [2.75, 3.05) is 38.2 Å². The second-order valence-corrected chi connectivity index (χ2v) is 19.1. The van der Waals surface area contributed by atoms with Crippen LogP contribution < -0.4 is 65.9 Å². The average Bonchev–Trinajstić information content (AvgIpc) is 3.32. The normalized spacial score (nSPS) is 20.7. The van der Waals surface area contributed by atoms with Crippen molar-refractivity contribution in [2.24, 2.45) is 33.7 Å². The van der Waals surface area contributed by atoms with E-state index in [9.17, 15) is 57.8 Å². The SMILES string of the molecule is CN(CC(=O)N[C@@H](CCCN=C(N)N)C(=O)NCC(=O)O)C(=O)[C@@H]1CSSC[C@@H](N)C(=O)N[C@H](Cc2ccc(O)cc2)C(=O)N[C@@H](Cc2ccccc2)C(=O)N[C@H](CCC(N)=O)C(=O)N[C@@H](CC(N)=O)C(=O)N1. The van der Waals surface area contributed by atoms with Crippen molar-refractivity contribution in [3.05, 3.63) is 65.7 Å². The maximum absolute atomic E-state index is 14.2. The Hall–Kier alpha value is -7.66. The van der Waals surface area contributed by atoms with E-state index < -0.39 is 140 Å². The number of phenolic OH excluding ortho intramolecular Hbond substituents is 1. The number of primary amides is 2. The highest BCUT2D eigenvalue weighted by Crippen LogP contribution is 2.24. The number of carbonyl (C=O) groups excluding carboxylic acids is 10. The number of benzene rings is 2. The maximum Gasteiger partial charge on any atom is 0.322 e. The molecule has 398 valence electrons. The molecule has 0 unspecified atom stereocenters. The van der Waals surface area contributed by atoms with Gasteiger partial charge in [0, 0.05) is 44.4 Å². The van der Waals surface area contributed by atoms with Gasteiger partial charge in [-0.05, 0) is 42.5 Å². The van der Waals surface area contributed by atoms with Gasteiger partial charge >= 0.3 is 5.97 Å². The predicted octanol–water partition coefficient (Wildman–Crippen LogP) is -5.34. The number of nitrogens with zero attached hydrogens (tertiary/aromatic N) is 2. The van der Waals surface area contributed by atoms with Crippen molar-refractivity contribution in [3.63, 3.8) is 0 Å². The molecule has 0 spiro atoms. The Morgan fingerprint density at radius 1 is 0.740 bits per heavy atom. The number of nitrogens with one attached hydrogen (secondary N) is 7. The lowest BCUT2D eigenvalue weighted by molar-refractivity contribution is -0.140. The minimum atomic E-state index is -1.81. The molecule has 1 aliphatic heterocycles. The average molecular weight is 1060 g/mol. The number of carboxylic acids is 1. The second kappa shape index (κ2) is 30.3. The quantitative estimate of drug-likeness (QED) is 0.0255. The van der Waals surface area contributed by atoms with Gasteiger partial charge in [-0.3, -0.25) is 57.7 Å². The van der Waals surface area contributed by atoms with Gasteiger partial charge in [-0.2, -0.15) is 0 Å². The molecule has 0 bridgehead atoms. The van der Waals surface area contributed by atoms with E-state index in [0.29, 0.717) is 11.1 Å². The molecule has 0 saturated carbocycles. The van der Waals surface area contributed by atoms with Crippen LogP contribution in [0.25, 0.3) is 0 Å². The van der Waals surface area contributed by atoms with E-state index in [1.54, 1.807) is 30.3 Å². The van der Waals surface area contributed by atoms with Gasteiger partial charge in [0.25, 0.3) is 0 Å². The van der Waals surface area contributed by atoms with Crippen molar-refractivity contribution in [1.29, 1.82) is 0 Å². The molecule has 2 aromatic carbocycles. The molecule has 27 nitrogen and oxygen atoms in total. The monoisotopic (exact) mass is 1060 g/mol. The van der Waals surface area contributed by atoms with E-state index >= 15 is 0 Å². The highest BCUT2D eigenvalue weighted by atomic mass is 33.1. The van der Waals surface area contributed by atoms with E-state index in [4.69, 9.17) is 33.8 Å². The number of amides is 10. The van der Waals surface area contributed by atoms with Crippen molar-refractivity contribution >= 4 is 92.6 Å². The van der Waals surface area contributed by atoms with Crippen LogP contribution in [0, 0.1) is 0 Å². The number of carbonyl (C=O) groups is 11. The number of aromatic hydroxyl groups is 1. The van der Waals surface area contributed by atoms with E-state index in [2.05, 4.69) is 42.2 Å². The molecule has 1 aliphatic rings. The predicted molar refractivity (Wildman–Crippen MR) is 267 cm³/mol. The number of phenols is 1. The Morgan fingerprint density at radius 2 is 1.29 bits per heavy atom. The number of likely N-dealkylation sites (N-methyl/N-ethyl adjacent to an activating group) is 1. The van der Waals surface area contributed by atoms with Crippen LogP contribution in [0.3, 0.4) is 0 Å². The third kappa shape index (κ3) is 22.1. The van der Waals surface area contributed by atoms with Gasteiger partial charge in [0.1, 0.15) is 48.5 Å². The minimum absolute atomic E-state index is 0.0553. The van der Waals surface area contributed by atoms with Crippen LogP contribution in [0.4, 0.5) is 0 Å². The Balaban J connectivity index is 2.02. The molecule has 19 N–H and O–H groups in total. The third-order valence-electron chi connectivity index (χ3n) is 10.6. The summed E-state index contributed by atoms with van der Waals surface area (Å²) in [5, 5.41) is 36.1. The first-order valence-electron chi connectivity index (χ1n) is 22.5. The van der Waals surface area contributed by atoms with Crippen LogP contribution in [0.15, 0.2) is 59.6 Å². The molecule has 0 aliphatic carbocycles. The summed E-state index contributed by atoms with van der Waals surface area (Å²) >= 11 is 0. The summed E-state index contributed by atoms with van der Waals surface area (Å²) in [6.45, 7) is -1.44. The fraction of sp³-hybridized carbons (Fsp3) is 0.455. The Labute approximate surface area is 426 Å². The van der Waals surface area contributed by atoms with E-state index in [1.165, 1.54) is 31.3 Å². The standard InChI is InChI=1S/C44H62N14O13S2/c1-58(20-35(62)52-27(8-5-15-50-44(48)49)38(66)51-19-36(63)64)43(71)32-22-73-72-21-26(45)37(65)54-29(17-24-9-11-25(59)12-10-24)41(69)55-30(16-23-6-3-2-4-7-23)40(68)53-28(13-14-33(46)60)39(67)56-31(18-34(47)61)42(70)57-32/h2-4,6-7,9-12,26-32,59H,5,8,13-22,45H2,1H3,(H2,46,60)(H2,47,61)(H,51,66)(H,52,62)(H,53,68)(H,54,65)(H,55,69)(H,56,67)(H,57,70)(H,63,64)(H4,48,49,50)/t26-,27+,28-,29-,30+,31+,32+/m1/s1. The molecule has 0 radical (unpaired) electrons. The van der Waals surface area contributed by atoms with Crippen molar-refractivity contribution in [2.45, 2.75) is 87.2 Å². The summed E-state index contributed by atoms with van der Waals surface area (Å²) in [6, 6.07) is 3.74. The first-order valence-corrected chi connectivity index (χ1v) is 25.0. The van der Waals surface area contributed by atoms with Gasteiger partial charge in [-0.25, -0.2) is 0 Å². The van der Waals surface area contributed by atoms with Crippen molar-refractivity contribution < 1.29 is 63.0 Å². The van der Waals surface area contributed by atoms with Gasteiger partial charge < -0.3 is 81.0 Å². The summed E-state index contributed by atoms with van der Waals surface area (Å²) < 4.78 is 0. The summed E-state index contributed by atoms with van der Waals surface area (Å²) in [7, 11) is 3.11. The Bertz CT molecular complexity index is 2330. The summed E-state index contributed by atoms with van der Waals surface area (Å²) in [5.74, 6) is -11.6. The molecule has 3 rings (SSSR count). The van der Waals surface area contributed by atoms with Crippen LogP contribution >= 0.6 is 21.6 Å². The van der Waals surface area contributed by atoms with Gasteiger partial charge in [-0.1, -0.05) is 64.1 Å². The lowest BCUT2D eigenvalue weighted by Gasteiger charge is -2.28. The maximum atomic E-state index is 14.2. The smallest absolute Gasteiger partial charge is 0.322 e.